The minimum Gasteiger partial charge on any atom is -0.355 e. The molecule has 0 heterocycles. The smallest absolute Gasteiger partial charge is 0.227 e. The van der Waals surface area contributed by atoms with Crippen molar-refractivity contribution in [2.75, 3.05) is 13.1 Å². The van der Waals surface area contributed by atoms with Crippen molar-refractivity contribution in [3.63, 3.8) is 0 Å². The number of halogens is 2. The van der Waals surface area contributed by atoms with E-state index in [4.69, 9.17) is 17.3 Å². The van der Waals surface area contributed by atoms with E-state index < -0.39 is 0 Å². The van der Waals surface area contributed by atoms with Gasteiger partial charge in [0, 0.05) is 11.6 Å². The van der Waals surface area contributed by atoms with Crippen molar-refractivity contribution in [3.8, 4) is 0 Å². The first kappa shape index (κ1) is 19.2. The average Bonchev–Trinajstić information content (AvgIpc) is 2.35. The van der Waals surface area contributed by atoms with Crippen molar-refractivity contribution >= 4 is 29.9 Å². The third-order valence-electron chi connectivity index (χ3n) is 3.18. The fraction of sp³-hybridized carbons (Fsp3) is 0.533. The van der Waals surface area contributed by atoms with Crippen LogP contribution in [0.3, 0.4) is 0 Å². The largest absolute Gasteiger partial charge is 0.355 e. The van der Waals surface area contributed by atoms with Crippen molar-refractivity contribution in [1.29, 1.82) is 0 Å². The molecule has 3 nitrogen and oxygen atoms in total. The minimum absolute atomic E-state index is 0. The number of hydrogen-bond acceptors (Lipinski definition) is 2. The molecule has 2 atom stereocenters. The molecule has 20 heavy (non-hydrogen) atoms. The number of hydrogen-bond donors (Lipinski definition) is 2. The molecule has 3 N–H and O–H groups in total. The van der Waals surface area contributed by atoms with Crippen LogP contribution in [-0.2, 0) is 4.79 Å². The Labute approximate surface area is 132 Å². The van der Waals surface area contributed by atoms with Crippen LogP contribution in [0.1, 0.15) is 32.3 Å². The number of nitrogens with two attached hydrogens (primary N) is 1. The number of nitrogens with one attached hydrogen (secondary N) is 1. The Morgan fingerprint density at radius 1 is 1.35 bits per heavy atom. The number of rotatable bonds is 6. The molecule has 0 radical (unpaired) electrons. The number of carbonyl (C=O) groups is 1. The van der Waals surface area contributed by atoms with Gasteiger partial charge in [-0.2, -0.15) is 0 Å². The molecule has 1 rings (SSSR count). The van der Waals surface area contributed by atoms with Crippen molar-refractivity contribution in [2.45, 2.75) is 26.7 Å². The molecule has 0 fully saturated rings. The minimum atomic E-state index is -0.177. The fourth-order valence-corrected chi connectivity index (χ4v) is 2.21. The zero-order chi connectivity index (χ0) is 14.4. The van der Waals surface area contributed by atoms with Gasteiger partial charge >= 0.3 is 0 Å². The average molecular weight is 319 g/mol. The van der Waals surface area contributed by atoms with Gasteiger partial charge in [0.25, 0.3) is 0 Å². The van der Waals surface area contributed by atoms with E-state index in [9.17, 15) is 4.79 Å². The molecule has 0 spiro atoms. The molecule has 1 amide bonds. The Kier molecular flexibility index (Phi) is 8.86. The maximum atomic E-state index is 12.3. The molecule has 0 saturated carbocycles. The fourth-order valence-electron chi connectivity index (χ4n) is 2.01. The Balaban J connectivity index is 0.00000361. The predicted octanol–water partition coefficient (Wildman–Crippen LogP) is 3.21. The first-order chi connectivity index (χ1) is 8.95. The highest BCUT2D eigenvalue weighted by Gasteiger charge is 2.24. The zero-order valence-corrected chi connectivity index (χ0v) is 13.8. The van der Waals surface area contributed by atoms with Crippen molar-refractivity contribution in [2.24, 2.45) is 17.6 Å². The van der Waals surface area contributed by atoms with Gasteiger partial charge in [-0.3, -0.25) is 4.79 Å². The number of carbonyl (C=O) groups excluding carboxylic acids is 1. The van der Waals surface area contributed by atoms with Gasteiger partial charge in [-0.1, -0.05) is 44.5 Å². The van der Waals surface area contributed by atoms with E-state index in [-0.39, 0.29) is 36.1 Å². The topological polar surface area (TPSA) is 55.1 Å². The Morgan fingerprint density at radius 2 is 2.00 bits per heavy atom. The van der Waals surface area contributed by atoms with Crippen LogP contribution in [0, 0.1) is 11.8 Å². The predicted molar refractivity (Wildman–Crippen MR) is 87.5 cm³/mol. The molecule has 0 aliphatic heterocycles. The molecule has 0 aliphatic rings. The van der Waals surface area contributed by atoms with Crippen LogP contribution < -0.4 is 11.1 Å². The maximum absolute atomic E-state index is 12.3. The molecular weight excluding hydrogens is 295 g/mol. The first-order valence-electron chi connectivity index (χ1n) is 6.69. The lowest BCUT2D eigenvalue weighted by molar-refractivity contribution is -0.123. The van der Waals surface area contributed by atoms with Gasteiger partial charge in [-0.05, 0) is 36.1 Å². The van der Waals surface area contributed by atoms with E-state index in [2.05, 4.69) is 5.32 Å². The van der Waals surface area contributed by atoms with Gasteiger partial charge in [0.05, 0.1) is 5.92 Å². The molecule has 1 aromatic carbocycles. The van der Waals surface area contributed by atoms with Crippen molar-refractivity contribution in [1.82, 2.24) is 5.32 Å². The van der Waals surface area contributed by atoms with Gasteiger partial charge in [-0.25, -0.2) is 0 Å². The molecule has 0 bridgehead atoms. The second-order valence-corrected chi connectivity index (χ2v) is 5.80. The van der Waals surface area contributed by atoms with E-state index in [0.717, 1.165) is 5.56 Å². The molecule has 1 aromatic rings. The summed E-state index contributed by atoms with van der Waals surface area (Å²) in [6, 6.07) is 7.50. The van der Waals surface area contributed by atoms with Crippen LogP contribution >= 0.6 is 24.0 Å². The molecule has 0 aromatic heterocycles. The maximum Gasteiger partial charge on any atom is 0.227 e. The first-order valence-corrected chi connectivity index (χ1v) is 7.06. The third kappa shape index (κ3) is 5.70. The summed E-state index contributed by atoms with van der Waals surface area (Å²) in [5.41, 5.74) is 6.52. The quantitative estimate of drug-likeness (QED) is 0.846. The van der Waals surface area contributed by atoms with Crippen LogP contribution in [0.25, 0.3) is 0 Å². The summed E-state index contributed by atoms with van der Waals surface area (Å²) in [5, 5.41) is 3.63. The molecule has 0 saturated heterocycles. The number of benzene rings is 1. The summed E-state index contributed by atoms with van der Waals surface area (Å²) < 4.78 is 0. The van der Waals surface area contributed by atoms with Crippen LogP contribution in [0.2, 0.25) is 5.02 Å². The van der Waals surface area contributed by atoms with E-state index in [0.29, 0.717) is 18.1 Å². The summed E-state index contributed by atoms with van der Waals surface area (Å²) in [7, 11) is 0. The molecule has 5 heteroatoms. The summed E-state index contributed by atoms with van der Waals surface area (Å²) in [6.07, 6.45) is 0. The lowest BCUT2D eigenvalue weighted by Gasteiger charge is -2.22. The van der Waals surface area contributed by atoms with E-state index >= 15 is 0 Å². The van der Waals surface area contributed by atoms with Crippen LogP contribution in [0.4, 0.5) is 0 Å². The highest BCUT2D eigenvalue weighted by molar-refractivity contribution is 6.30. The van der Waals surface area contributed by atoms with Gasteiger partial charge in [0.15, 0.2) is 0 Å². The highest BCUT2D eigenvalue weighted by Crippen LogP contribution is 2.26. The van der Waals surface area contributed by atoms with E-state index in [1.54, 1.807) is 0 Å². The van der Waals surface area contributed by atoms with Gasteiger partial charge in [-0.15, -0.1) is 12.4 Å². The lowest BCUT2D eigenvalue weighted by atomic mass is 9.87. The Bertz CT molecular complexity index is 424. The summed E-state index contributed by atoms with van der Waals surface area (Å²) in [5.74, 6) is 0.365. The van der Waals surface area contributed by atoms with Crippen LogP contribution in [0.5, 0.6) is 0 Å². The lowest BCUT2D eigenvalue weighted by Crippen LogP contribution is -2.36. The van der Waals surface area contributed by atoms with Crippen LogP contribution in [0.15, 0.2) is 24.3 Å². The van der Waals surface area contributed by atoms with E-state index in [1.807, 2.05) is 45.0 Å². The molecule has 114 valence electrons. The Hall–Kier alpha value is -0.770. The second-order valence-electron chi connectivity index (χ2n) is 5.36. The van der Waals surface area contributed by atoms with Gasteiger partial charge in [0.2, 0.25) is 5.91 Å². The molecule has 2 unspecified atom stereocenters. The Morgan fingerprint density at radius 3 is 2.50 bits per heavy atom. The van der Waals surface area contributed by atoms with Crippen molar-refractivity contribution < 1.29 is 4.79 Å². The third-order valence-corrected chi connectivity index (χ3v) is 3.42. The highest BCUT2D eigenvalue weighted by atomic mass is 35.5. The second kappa shape index (κ2) is 9.22. The van der Waals surface area contributed by atoms with Gasteiger partial charge in [0.1, 0.15) is 0 Å². The summed E-state index contributed by atoms with van der Waals surface area (Å²) in [4.78, 5) is 12.3. The zero-order valence-electron chi connectivity index (χ0n) is 12.2. The normalized spacial score (nSPS) is 13.5. The summed E-state index contributed by atoms with van der Waals surface area (Å²) >= 11 is 6.00. The van der Waals surface area contributed by atoms with Crippen LogP contribution in [-0.4, -0.2) is 19.0 Å². The molecule has 0 aliphatic carbocycles. The standard InChI is InChI=1S/C15H23ClN2O.ClH/c1-10(2)14(12-5-4-6-13(16)7-12)15(19)18-9-11(3)8-17;/h4-7,10-11,14H,8-9,17H2,1-3H3,(H,18,19);1H. The van der Waals surface area contributed by atoms with Crippen molar-refractivity contribution in [3.05, 3.63) is 34.9 Å². The van der Waals surface area contributed by atoms with E-state index in [1.165, 1.54) is 0 Å². The monoisotopic (exact) mass is 318 g/mol. The SMILES string of the molecule is CC(CN)CNC(=O)C(c1cccc(Cl)c1)C(C)C.Cl. The van der Waals surface area contributed by atoms with Gasteiger partial charge < -0.3 is 11.1 Å². The molecular formula is C15H24Cl2N2O. The number of amides is 1. The summed E-state index contributed by atoms with van der Waals surface area (Å²) in [6.45, 7) is 7.28.